The minimum absolute atomic E-state index is 0.0201. The zero-order valence-electron chi connectivity index (χ0n) is 13.7. The number of thioether (sulfide) groups is 1. The van der Waals surface area contributed by atoms with Crippen molar-refractivity contribution in [1.82, 2.24) is 9.55 Å². The summed E-state index contributed by atoms with van der Waals surface area (Å²) in [4.78, 5) is 28.6. The lowest BCUT2D eigenvalue weighted by atomic mass is 10.2. The number of fused-ring (bicyclic) bond motifs is 1. The Labute approximate surface area is 144 Å². The van der Waals surface area contributed by atoms with Gasteiger partial charge in [-0.25, -0.2) is 4.98 Å². The normalized spacial score (nSPS) is 10.9. The molecule has 0 bridgehead atoms. The zero-order valence-corrected chi connectivity index (χ0v) is 14.6. The number of esters is 1. The monoisotopic (exact) mass is 350 g/mol. The van der Waals surface area contributed by atoms with Crippen molar-refractivity contribution >= 4 is 28.6 Å². The minimum Gasteiger partial charge on any atom is -0.466 e. The van der Waals surface area contributed by atoms with Gasteiger partial charge in [-0.3, -0.25) is 14.2 Å². The highest BCUT2D eigenvalue weighted by molar-refractivity contribution is 7.99. The number of nitrogens with zero attached hydrogens (tertiary/aromatic N) is 2. The molecule has 1 aromatic carbocycles. The molecular formula is C17H22N2O4S. The fraction of sp³-hybridized carbons (Fsp3) is 0.471. The van der Waals surface area contributed by atoms with Crippen molar-refractivity contribution in [2.45, 2.75) is 37.9 Å². The van der Waals surface area contributed by atoms with Crippen molar-refractivity contribution in [1.29, 1.82) is 0 Å². The van der Waals surface area contributed by atoms with Crippen LogP contribution < -0.4 is 5.56 Å². The number of carbonyl (C=O) groups excluding carboxylic acids is 1. The van der Waals surface area contributed by atoms with E-state index in [4.69, 9.17) is 9.84 Å². The molecule has 0 amide bonds. The molecule has 0 unspecified atom stereocenters. The van der Waals surface area contributed by atoms with Crippen LogP contribution in [0.25, 0.3) is 10.9 Å². The van der Waals surface area contributed by atoms with Gasteiger partial charge in [-0.05, 0) is 31.9 Å². The molecule has 0 saturated heterocycles. The van der Waals surface area contributed by atoms with Gasteiger partial charge in [-0.1, -0.05) is 23.9 Å². The second-order valence-corrected chi connectivity index (χ2v) is 6.26. The number of carbonyl (C=O) groups is 1. The van der Waals surface area contributed by atoms with Gasteiger partial charge in [0.05, 0.1) is 17.5 Å². The van der Waals surface area contributed by atoms with E-state index in [1.165, 1.54) is 11.8 Å². The predicted octanol–water partition coefficient (Wildman–Crippen LogP) is 2.21. The van der Waals surface area contributed by atoms with Gasteiger partial charge in [0.2, 0.25) is 0 Å². The summed E-state index contributed by atoms with van der Waals surface area (Å²) in [6, 6.07) is 7.24. The topological polar surface area (TPSA) is 81.4 Å². The maximum Gasteiger partial charge on any atom is 0.305 e. The number of benzene rings is 1. The van der Waals surface area contributed by atoms with Crippen LogP contribution in [0.1, 0.15) is 26.2 Å². The average Bonchev–Trinajstić information content (AvgIpc) is 2.58. The molecule has 0 aliphatic carbocycles. The van der Waals surface area contributed by atoms with E-state index in [-0.39, 0.29) is 18.1 Å². The summed E-state index contributed by atoms with van der Waals surface area (Å²) in [5.41, 5.74) is 0.567. The number of aliphatic hydroxyl groups excluding tert-OH is 1. The standard InChI is InChI=1S/C17H22N2O4S/c1-2-23-15(21)9-5-12-24-17-18-14-8-4-3-7-13(14)16(22)19(17)10-6-11-20/h3-4,7-8,20H,2,5-6,9-12H2,1H3. The van der Waals surface area contributed by atoms with Crippen LogP contribution in [-0.4, -0.2) is 39.6 Å². The predicted molar refractivity (Wildman–Crippen MR) is 94.3 cm³/mol. The highest BCUT2D eigenvalue weighted by Gasteiger charge is 2.11. The minimum atomic E-state index is -0.206. The Bertz CT molecular complexity index is 745. The summed E-state index contributed by atoms with van der Waals surface area (Å²) in [5.74, 6) is 0.463. The van der Waals surface area contributed by atoms with E-state index in [2.05, 4.69) is 4.98 Å². The Morgan fingerprint density at radius 2 is 2.12 bits per heavy atom. The van der Waals surface area contributed by atoms with E-state index in [1.807, 2.05) is 18.2 Å². The van der Waals surface area contributed by atoms with Gasteiger partial charge in [0.25, 0.3) is 5.56 Å². The molecule has 0 radical (unpaired) electrons. The van der Waals surface area contributed by atoms with Crippen molar-refractivity contribution in [3.05, 3.63) is 34.6 Å². The van der Waals surface area contributed by atoms with Crippen molar-refractivity contribution in [3.8, 4) is 0 Å². The Hall–Kier alpha value is -1.86. The van der Waals surface area contributed by atoms with Crippen LogP contribution in [0.5, 0.6) is 0 Å². The molecule has 2 rings (SSSR count). The molecule has 1 N–H and O–H groups in total. The smallest absolute Gasteiger partial charge is 0.305 e. The SMILES string of the molecule is CCOC(=O)CCCSc1nc2ccccc2c(=O)n1CCCO. The first kappa shape index (κ1) is 18.5. The fourth-order valence-corrected chi connectivity index (χ4v) is 3.26. The molecule has 0 aliphatic rings. The number of hydrogen-bond donors (Lipinski definition) is 1. The summed E-state index contributed by atoms with van der Waals surface area (Å²) >= 11 is 1.45. The van der Waals surface area contributed by atoms with Crippen LogP contribution in [-0.2, 0) is 16.1 Å². The van der Waals surface area contributed by atoms with Crippen LogP contribution in [0.3, 0.4) is 0 Å². The van der Waals surface area contributed by atoms with Crippen molar-refractivity contribution in [2.24, 2.45) is 0 Å². The van der Waals surface area contributed by atoms with Crippen molar-refractivity contribution in [2.75, 3.05) is 19.0 Å². The second kappa shape index (κ2) is 9.44. The molecule has 7 heteroatoms. The third-order valence-corrected chi connectivity index (χ3v) is 4.49. The first-order chi connectivity index (χ1) is 11.7. The van der Waals surface area contributed by atoms with Gasteiger partial charge in [-0.15, -0.1) is 0 Å². The average molecular weight is 350 g/mol. The number of aromatic nitrogens is 2. The summed E-state index contributed by atoms with van der Waals surface area (Å²) < 4.78 is 6.51. The second-order valence-electron chi connectivity index (χ2n) is 5.20. The lowest BCUT2D eigenvalue weighted by Crippen LogP contribution is -2.24. The molecule has 130 valence electrons. The lowest BCUT2D eigenvalue weighted by Gasteiger charge is -2.12. The molecule has 1 heterocycles. The summed E-state index contributed by atoms with van der Waals surface area (Å²) in [5, 5.41) is 10.3. The van der Waals surface area contributed by atoms with Crippen molar-refractivity contribution < 1.29 is 14.6 Å². The maximum absolute atomic E-state index is 12.6. The summed E-state index contributed by atoms with van der Waals surface area (Å²) in [6.07, 6.45) is 1.51. The van der Waals surface area contributed by atoms with Gasteiger partial charge in [0.1, 0.15) is 0 Å². The van der Waals surface area contributed by atoms with Crippen LogP contribution in [0, 0.1) is 0 Å². The summed E-state index contributed by atoms with van der Waals surface area (Å²) in [6.45, 7) is 2.62. The van der Waals surface area contributed by atoms with Gasteiger partial charge in [0, 0.05) is 25.3 Å². The lowest BCUT2D eigenvalue weighted by molar-refractivity contribution is -0.143. The van der Waals surface area contributed by atoms with E-state index in [0.29, 0.717) is 54.2 Å². The van der Waals surface area contributed by atoms with E-state index in [1.54, 1.807) is 17.6 Å². The van der Waals surface area contributed by atoms with Crippen LogP contribution in [0.15, 0.2) is 34.2 Å². The van der Waals surface area contributed by atoms with E-state index >= 15 is 0 Å². The Balaban J connectivity index is 2.14. The quantitative estimate of drug-likeness (QED) is 0.323. The number of ether oxygens (including phenoxy) is 1. The molecule has 2 aromatic rings. The third-order valence-electron chi connectivity index (χ3n) is 3.43. The number of rotatable bonds is 9. The van der Waals surface area contributed by atoms with Crippen LogP contribution in [0.2, 0.25) is 0 Å². The number of para-hydroxylation sites is 1. The maximum atomic E-state index is 12.6. The molecular weight excluding hydrogens is 328 g/mol. The first-order valence-corrected chi connectivity index (χ1v) is 9.04. The Kier molecular flexibility index (Phi) is 7.27. The first-order valence-electron chi connectivity index (χ1n) is 8.06. The number of hydrogen-bond acceptors (Lipinski definition) is 6. The van der Waals surface area contributed by atoms with Gasteiger partial charge >= 0.3 is 5.97 Å². The molecule has 0 saturated carbocycles. The molecule has 6 nitrogen and oxygen atoms in total. The fourth-order valence-electron chi connectivity index (χ4n) is 2.30. The molecule has 24 heavy (non-hydrogen) atoms. The molecule has 0 atom stereocenters. The van der Waals surface area contributed by atoms with E-state index in [0.717, 1.165) is 0 Å². The molecule has 0 spiro atoms. The highest BCUT2D eigenvalue weighted by atomic mass is 32.2. The van der Waals surface area contributed by atoms with E-state index in [9.17, 15) is 9.59 Å². The highest BCUT2D eigenvalue weighted by Crippen LogP contribution is 2.19. The van der Waals surface area contributed by atoms with E-state index < -0.39 is 0 Å². The molecule has 0 fully saturated rings. The van der Waals surface area contributed by atoms with Crippen LogP contribution in [0.4, 0.5) is 0 Å². The molecule has 0 aliphatic heterocycles. The van der Waals surface area contributed by atoms with Gasteiger partial charge < -0.3 is 9.84 Å². The van der Waals surface area contributed by atoms with Gasteiger partial charge in [0.15, 0.2) is 5.16 Å². The van der Waals surface area contributed by atoms with Crippen molar-refractivity contribution in [3.63, 3.8) is 0 Å². The van der Waals surface area contributed by atoms with Gasteiger partial charge in [-0.2, -0.15) is 0 Å². The molecule has 1 aromatic heterocycles. The Morgan fingerprint density at radius 3 is 2.88 bits per heavy atom. The zero-order chi connectivity index (χ0) is 17.4. The third kappa shape index (κ3) is 4.82. The largest absolute Gasteiger partial charge is 0.466 e. The summed E-state index contributed by atoms with van der Waals surface area (Å²) in [7, 11) is 0. The van der Waals surface area contributed by atoms with Crippen LogP contribution >= 0.6 is 11.8 Å². The Morgan fingerprint density at radius 1 is 1.33 bits per heavy atom. The number of aliphatic hydroxyl groups is 1.